The number of rotatable bonds is 7. The highest BCUT2D eigenvalue weighted by atomic mass is 32.2. The van der Waals surface area contributed by atoms with Crippen LogP contribution >= 0.6 is 0 Å². The Bertz CT molecular complexity index is 1280. The van der Waals surface area contributed by atoms with Crippen LogP contribution in [0.5, 0.6) is 11.5 Å². The number of sulfonamides is 1. The van der Waals surface area contributed by atoms with Crippen molar-refractivity contribution in [2.24, 2.45) is 0 Å². The van der Waals surface area contributed by atoms with Crippen LogP contribution in [0.3, 0.4) is 0 Å². The lowest BCUT2D eigenvalue weighted by Crippen LogP contribution is -2.51. The number of nitrogens with one attached hydrogen (secondary N) is 1. The summed E-state index contributed by atoms with van der Waals surface area (Å²) in [6, 6.07) is 20.6. The van der Waals surface area contributed by atoms with E-state index in [1.807, 2.05) is 32.0 Å². The molecule has 0 aliphatic carbocycles. The molecule has 3 aromatic rings. The van der Waals surface area contributed by atoms with Gasteiger partial charge in [0.2, 0.25) is 0 Å². The van der Waals surface area contributed by atoms with Crippen LogP contribution in [0.15, 0.2) is 77.7 Å². The van der Waals surface area contributed by atoms with Crippen molar-refractivity contribution in [2.45, 2.75) is 37.3 Å². The first-order valence-electron chi connectivity index (χ1n) is 11.1. The maximum Gasteiger partial charge on any atom is 0.264 e. The van der Waals surface area contributed by atoms with Crippen LogP contribution in [-0.2, 0) is 14.8 Å². The van der Waals surface area contributed by atoms with Gasteiger partial charge in [0.25, 0.3) is 15.9 Å². The van der Waals surface area contributed by atoms with Gasteiger partial charge in [-0.3, -0.25) is 9.10 Å². The molecular weight excluding hydrogens is 452 g/mol. The number of anilines is 1. The molecule has 1 aliphatic heterocycles. The number of fused-ring (bicyclic) bond motifs is 1. The number of hydrogen-bond acceptors (Lipinski definition) is 5. The van der Waals surface area contributed by atoms with Gasteiger partial charge in [-0.1, -0.05) is 49.4 Å². The molecule has 1 aliphatic rings. The van der Waals surface area contributed by atoms with Gasteiger partial charge in [0.15, 0.2) is 6.10 Å². The number of carbonyl (C=O) groups is 1. The number of hydrogen-bond donors (Lipinski definition) is 1. The maximum absolute atomic E-state index is 13.4. The standard InChI is InChI=1S/C26H28N2O5S/c1-4-21(19-14-15-23(32-3)18(2)16-19)27-26(29)25-17-28(22-12-8-9-13-24(22)33-25)34(30,31)20-10-6-5-7-11-20/h5-16,21,25H,4,17H2,1-3H3,(H,27,29)/t21-,25+/m0/s1. The van der Waals surface area contributed by atoms with Gasteiger partial charge in [0, 0.05) is 0 Å². The molecule has 0 saturated heterocycles. The fourth-order valence-corrected chi connectivity index (χ4v) is 5.59. The minimum atomic E-state index is -3.88. The third-order valence-electron chi connectivity index (χ3n) is 5.90. The predicted molar refractivity (Wildman–Crippen MR) is 131 cm³/mol. The van der Waals surface area contributed by atoms with Crippen LogP contribution in [0.4, 0.5) is 5.69 Å². The first-order valence-corrected chi connectivity index (χ1v) is 12.6. The van der Waals surface area contributed by atoms with Crippen LogP contribution < -0.4 is 19.1 Å². The summed E-state index contributed by atoms with van der Waals surface area (Å²) in [5, 5.41) is 3.03. The Labute approximate surface area is 200 Å². The van der Waals surface area contributed by atoms with Gasteiger partial charge in [-0.2, -0.15) is 0 Å². The number of methoxy groups -OCH3 is 1. The number of ether oxygens (including phenoxy) is 2. The van der Waals surface area contributed by atoms with Crippen molar-refractivity contribution in [1.29, 1.82) is 0 Å². The second-order valence-electron chi connectivity index (χ2n) is 8.12. The smallest absolute Gasteiger partial charge is 0.264 e. The second kappa shape index (κ2) is 9.77. The van der Waals surface area contributed by atoms with Crippen LogP contribution in [0.2, 0.25) is 0 Å². The summed E-state index contributed by atoms with van der Waals surface area (Å²) in [4.78, 5) is 13.4. The van der Waals surface area contributed by atoms with Crippen molar-refractivity contribution in [3.05, 3.63) is 83.9 Å². The van der Waals surface area contributed by atoms with Gasteiger partial charge in [-0.05, 0) is 54.8 Å². The Morgan fingerprint density at radius 3 is 2.50 bits per heavy atom. The fourth-order valence-electron chi connectivity index (χ4n) is 4.09. The normalized spacial score (nSPS) is 16.2. The van der Waals surface area contributed by atoms with E-state index in [9.17, 15) is 13.2 Å². The minimum absolute atomic E-state index is 0.127. The zero-order valence-corrected chi connectivity index (χ0v) is 20.2. The van der Waals surface area contributed by atoms with Gasteiger partial charge in [0.05, 0.1) is 30.3 Å². The van der Waals surface area contributed by atoms with Crippen LogP contribution in [0, 0.1) is 6.92 Å². The van der Waals surface area contributed by atoms with Crippen LogP contribution in [-0.4, -0.2) is 34.1 Å². The summed E-state index contributed by atoms with van der Waals surface area (Å²) in [7, 11) is -2.26. The third-order valence-corrected chi connectivity index (χ3v) is 7.70. The molecule has 3 aromatic carbocycles. The molecule has 4 rings (SSSR count). The highest BCUT2D eigenvalue weighted by Gasteiger charge is 2.37. The zero-order chi connectivity index (χ0) is 24.3. The van der Waals surface area contributed by atoms with Crippen LogP contribution in [0.25, 0.3) is 0 Å². The Hall–Kier alpha value is -3.52. The van der Waals surface area contributed by atoms with E-state index in [0.717, 1.165) is 16.9 Å². The molecule has 0 saturated carbocycles. The lowest BCUT2D eigenvalue weighted by Gasteiger charge is -2.35. The number of amides is 1. The molecular formula is C26H28N2O5S. The van der Waals surface area contributed by atoms with E-state index in [0.29, 0.717) is 17.9 Å². The summed E-state index contributed by atoms with van der Waals surface area (Å²) in [5.74, 6) is 0.753. The highest BCUT2D eigenvalue weighted by molar-refractivity contribution is 7.92. The third kappa shape index (κ3) is 4.59. The van der Waals surface area contributed by atoms with E-state index in [1.165, 1.54) is 4.31 Å². The molecule has 178 valence electrons. The molecule has 7 nitrogen and oxygen atoms in total. The molecule has 0 aromatic heterocycles. The van der Waals surface area contributed by atoms with E-state index < -0.39 is 16.1 Å². The van der Waals surface area contributed by atoms with E-state index in [4.69, 9.17) is 9.47 Å². The average Bonchev–Trinajstić information content (AvgIpc) is 2.86. The van der Waals surface area contributed by atoms with Crippen molar-refractivity contribution < 1.29 is 22.7 Å². The summed E-state index contributed by atoms with van der Waals surface area (Å²) in [6.45, 7) is 3.80. The summed E-state index contributed by atoms with van der Waals surface area (Å²) in [5.41, 5.74) is 2.32. The SMILES string of the molecule is CC[C@H](NC(=O)[C@H]1CN(S(=O)(=O)c2ccccc2)c2ccccc2O1)c1ccc(OC)c(C)c1. The van der Waals surface area contributed by atoms with Crippen molar-refractivity contribution in [2.75, 3.05) is 18.0 Å². The molecule has 2 atom stereocenters. The van der Waals surface area contributed by atoms with Crippen LogP contribution in [0.1, 0.15) is 30.5 Å². The van der Waals surface area contributed by atoms with E-state index in [2.05, 4.69) is 5.32 Å². The number of aryl methyl sites for hydroxylation is 1. The first kappa shape index (κ1) is 23.6. The van der Waals surface area contributed by atoms with Crippen molar-refractivity contribution >= 4 is 21.6 Å². The number of carbonyl (C=O) groups excluding carboxylic acids is 1. The van der Waals surface area contributed by atoms with E-state index in [1.54, 1.807) is 61.7 Å². The lowest BCUT2D eigenvalue weighted by atomic mass is 10.0. The van der Waals surface area contributed by atoms with Gasteiger partial charge in [-0.25, -0.2) is 8.42 Å². The molecule has 0 fully saturated rings. The molecule has 1 N–H and O–H groups in total. The lowest BCUT2D eigenvalue weighted by molar-refractivity contribution is -0.128. The zero-order valence-electron chi connectivity index (χ0n) is 19.4. The average molecular weight is 481 g/mol. The first-order chi connectivity index (χ1) is 16.3. The molecule has 1 amide bonds. The summed E-state index contributed by atoms with van der Waals surface area (Å²) < 4.78 is 39.4. The van der Waals surface area contributed by atoms with E-state index >= 15 is 0 Å². The van der Waals surface area contributed by atoms with Crippen molar-refractivity contribution in [3.63, 3.8) is 0 Å². The van der Waals surface area contributed by atoms with Crippen molar-refractivity contribution in [1.82, 2.24) is 5.32 Å². The van der Waals surface area contributed by atoms with Gasteiger partial charge in [-0.15, -0.1) is 0 Å². The Kier molecular flexibility index (Phi) is 6.79. The number of benzene rings is 3. The Morgan fingerprint density at radius 1 is 1.12 bits per heavy atom. The van der Waals surface area contributed by atoms with Gasteiger partial charge >= 0.3 is 0 Å². The second-order valence-corrected chi connectivity index (χ2v) is 9.98. The van der Waals surface area contributed by atoms with Crippen molar-refractivity contribution in [3.8, 4) is 11.5 Å². The summed E-state index contributed by atoms with van der Waals surface area (Å²) >= 11 is 0. The largest absolute Gasteiger partial charge is 0.496 e. The van der Waals surface area contributed by atoms with Gasteiger partial charge < -0.3 is 14.8 Å². The Balaban J connectivity index is 1.61. The molecule has 8 heteroatoms. The maximum atomic E-state index is 13.4. The molecule has 1 heterocycles. The molecule has 0 radical (unpaired) electrons. The number of nitrogens with zero attached hydrogens (tertiary/aromatic N) is 1. The monoisotopic (exact) mass is 480 g/mol. The molecule has 34 heavy (non-hydrogen) atoms. The van der Waals surface area contributed by atoms with Gasteiger partial charge in [0.1, 0.15) is 11.5 Å². The molecule has 0 spiro atoms. The minimum Gasteiger partial charge on any atom is -0.496 e. The Morgan fingerprint density at radius 2 is 1.82 bits per heavy atom. The predicted octanol–water partition coefficient (Wildman–Crippen LogP) is 4.23. The highest BCUT2D eigenvalue weighted by Crippen LogP contribution is 2.37. The topological polar surface area (TPSA) is 84.9 Å². The molecule has 0 bridgehead atoms. The molecule has 0 unspecified atom stereocenters. The van der Waals surface area contributed by atoms with E-state index in [-0.39, 0.29) is 23.4 Å². The quantitative estimate of drug-likeness (QED) is 0.547. The number of para-hydroxylation sites is 2. The summed E-state index contributed by atoms with van der Waals surface area (Å²) in [6.07, 6.45) is -0.339. The fraction of sp³-hybridized carbons (Fsp3) is 0.269.